The van der Waals surface area contributed by atoms with Crippen molar-refractivity contribution in [1.82, 2.24) is 9.91 Å². The van der Waals surface area contributed by atoms with Crippen LogP contribution < -0.4 is 9.64 Å². The fourth-order valence-corrected chi connectivity index (χ4v) is 4.88. The molecular formula is C28H28FN5O4. The fraction of sp³-hybridized carbons (Fsp3) is 0.286. The van der Waals surface area contributed by atoms with E-state index in [1.807, 2.05) is 30.3 Å². The molecule has 0 spiro atoms. The number of nitrogens with zero attached hydrogens (tertiary/aromatic N) is 5. The molecule has 0 saturated carbocycles. The van der Waals surface area contributed by atoms with Crippen LogP contribution in [-0.2, 0) is 4.79 Å². The number of hydrogen-bond acceptors (Lipinski definition) is 7. The maximum absolute atomic E-state index is 14.1. The second kappa shape index (κ2) is 11.0. The molecular weight excluding hydrogens is 489 g/mol. The fourth-order valence-electron chi connectivity index (χ4n) is 4.88. The summed E-state index contributed by atoms with van der Waals surface area (Å²) in [6.07, 6.45) is 0.482. The lowest BCUT2D eigenvalue weighted by Gasteiger charge is -2.36. The Morgan fingerprint density at radius 1 is 1.05 bits per heavy atom. The van der Waals surface area contributed by atoms with Crippen molar-refractivity contribution in [2.45, 2.75) is 12.5 Å². The molecule has 0 unspecified atom stereocenters. The average molecular weight is 518 g/mol. The molecule has 0 bridgehead atoms. The van der Waals surface area contributed by atoms with Gasteiger partial charge in [-0.2, -0.15) is 5.10 Å². The summed E-state index contributed by atoms with van der Waals surface area (Å²) in [5, 5.41) is 17.1. The summed E-state index contributed by atoms with van der Waals surface area (Å²) in [4.78, 5) is 28.2. The van der Waals surface area contributed by atoms with Crippen LogP contribution in [0.3, 0.4) is 0 Å². The summed E-state index contributed by atoms with van der Waals surface area (Å²) in [7, 11) is 1.61. The average Bonchev–Trinajstić information content (AvgIpc) is 3.39. The zero-order valence-electron chi connectivity index (χ0n) is 21.0. The van der Waals surface area contributed by atoms with Gasteiger partial charge in [0.25, 0.3) is 11.6 Å². The number of halogens is 1. The normalized spacial score (nSPS) is 17.8. The first-order chi connectivity index (χ1) is 18.4. The Morgan fingerprint density at radius 3 is 2.39 bits per heavy atom. The summed E-state index contributed by atoms with van der Waals surface area (Å²) >= 11 is 0. The van der Waals surface area contributed by atoms with Gasteiger partial charge in [0.05, 0.1) is 30.3 Å². The maximum Gasteiger partial charge on any atom is 0.269 e. The molecule has 1 fully saturated rings. The van der Waals surface area contributed by atoms with E-state index in [0.29, 0.717) is 38.2 Å². The number of ether oxygens (including phenoxy) is 1. The first-order valence-corrected chi connectivity index (χ1v) is 12.4. The molecule has 0 radical (unpaired) electrons. The number of benzene rings is 3. The van der Waals surface area contributed by atoms with Crippen LogP contribution in [-0.4, -0.2) is 66.3 Å². The smallest absolute Gasteiger partial charge is 0.269 e. The predicted octanol–water partition coefficient (Wildman–Crippen LogP) is 4.24. The van der Waals surface area contributed by atoms with E-state index < -0.39 is 11.0 Å². The number of piperazine rings is 1. The Balaban J connectivity index is 1.28. The van der Waals surface area contributed by atoms with Crippen molar-refractivity contribution in [1.29, 1.82) is 0 Å². The van der Waals surface area contributed by atoms with Gasteiger partial charge in [-0.05, 0) is 59.7 Å². The highest BCUT2D eigenvalue weighted by Gasteiger charge is 2.34. The lowest BCUT2D eigenvalue weighted by atomic mass is 9.98. The van der Waals surface area contributed by atoms with E-state index in [1.165, 1.54) is 29.3 Å². The molecule has 0 aromatic heterocycles. The van der Waals surface area contributed by atoms with Gasteiger partial charge in [-0.25, -0.2) is 9.40 Å². The molecule has 9 nitrogen and oxygen atoms in total. The number of non-ortho nitro benzene ring substituents is 1. The van der Waals surface area contributed by atoms with Gasteiger partial charge >= 0.3 is 0 Å². The number of amides is 1. The van der Waals surface area contributed by atoms with E-state index in [1.54, 1.807) is 25.3 Å². The van der Waals surface area contributed by atoms with E-state index in [2.05, 4.69) is 9.80 Å². The third-order valence-electron chi connectivity index (χ3n) is 6.98. The Labute approximate surface area is 219 Å². The molecule has 1 saturated heterocycles. The number of anilines is 1. The number of hydrogen-bond donors (Lipinski definition) is 0. The molecule has 5 rings (SSSR count). The number of carbonyl (C=O) groups is 1. The molecule has 10 heteroatoms. The second-order valence-corrected chi connectivity index (χ2v) is 9.33. The summed E-state index contributed by atoms with van der Waals surface area (Å²) < 4.78 is 19.3. The molecule has 38 heavy (non-hydrogen) atoms. The van der Waals surface area contributed by atoms with Crippen molar-refractivity contribution in [3.8, 4) is 5.75 Å². The van der Waals surface area contributed by atoms with E-state index in [0.717, 1.165) is 22.7 Å². The number of carbonyl (C=O) groups excluding carboxylic acids is 1. The largest absolute Gasteiger partial charge is 0.497 e. The van der Waals surface area contributed by atoms with Crippen molar-refractivity contribution in [2.24, 2.45) is 5.10 Å². The van der Waals surface area contributed by atoms with Gasteiger partial charge in [0.1, 0.15) is 11.6 Å². The molecule has 3 aromatic rings. The standard InChI is InChI=1S/C28H28FN5O4/c1-38-25-11-5-20(6-12-25)26-18-27(21-3-2-4-22(29)17-21)33(30-26)28(35)19-31-13-15-32(16-14-31)23-7-9-24(10-8-23)34(36)37/h2-12,17,27H,13-16,18-19H2,1H3/t27-/m0/s1. The van der Waals surface area contributed by atoms with Gasteiger partial charge in [0, 0.05) is 50.4 Å². The Kier molecular flexibility index (Phi) is 7.32. The first kappa shape index (κ1) is 25.3. The summed E-state index contributed by atoms with van der Waals surface area (Å²) in [5.41, 5.74) is 3.33. The minimum Gasteiger partial charge on any atom is -0.497 e. The quantitative estimate of drug-likeness (QED) is 0.344. The van der Waals surface area contributed by atoms with Crippen molar-refractivity contribution < 1.29 is 18.8 Å². The van der Waals surface area contributed by atoms with Crippen LogP contribution in [0.15, 0.2) is 77.9 Å². The Hall–Kier alpha value is -4.31. The van der Waals surface area contributed by atoms with Crippen LogP contribution in [0.25, 0.3) is 0 Å². The van der Waals surface area contributed by atoms with Gasteiger partial charge < -0.3 is 9.64 Å². The third-order valence-corrected chi connectivity index (χ3v) is 6.98. The van der Waals surface area contributed by atoms with Crippen molar-refractivity contribution in [2.75, 3.05) is 44.7 Å². The van der Waals surface area contributed by atoms with Crippen molar-refractivity contribution in [3.63, 3.8) is 0 Å². The predicted molar refractivity (Wildman–Crippen MR) is 142 cm³/mol. The number of nitro benzene ring substituents is 1. The van der Waals surface area contributed by atoms with E-state index in [-0.39, 0.29) is 24.0 Å². The van der Waals surface area contributed by atoms with Crippen LogP contribution in [0, 0.1) is 15.9 Å². The summed E-state index contributed by atoms with van der Waals surface area (Å²) in [6, 6.07) is 20.0. The van der Waals surface area contributed by atoms with E-state index in [9.17, 15) is 19.3 Å². The third kappa shape index (κ3) is 5.50. The SMILES string of the molecule is COc1ccc(C2=NN(C(=O)CN3CCN(c4ccc([N+](=O)[O-])cc4)CC3)[C@H](c3cccc(F)c3)C2)cc1. The minimum atomic E-state index is -0.411. The molecule has 196 valence electrons. The van der Waals surface area contributed by atoms with Gasteiger partial charge in [0.15, 0.2) is 0 Å². The molecule has 2 aliphatic rings. The lowest BCUT2D eigenvalue weighted by Crippen LogP contribution is -2.49. The molecule has 3 aromatic carbocycles. The lowest BCUT2D eigenvalue weighted by molar-refractivity contribution is -0.384. The number of methoxy groups -OCH3 is 1. The van der Waals surface area contributed by atoms with E-state index in [4.69, 9.17) is 9.84 Å². The number of nitro groups is 1. The Morgan fingerprint density at radius 2 is 1.76 bits per heavy atom. The highest BCUT2D eigenvalue weighted by molar-refractivity contribution is 6.03. The molecule has 2 heterocycles. The topological polar surface area (TPSA) is 91.5 Å². The molecule has 0 aliphatic carbocycles. The monoisotopic (exact) mass is 517 g/mol. The maximum atomic E-state index is 14.1. The minimum absolute atomic E-state index is 0.0611. The molecule has 1 atom stereocenters. The second-order valence-electron chi connectivity index (χ2n) is 9.33. The van der Waals surface area contributed by atoms with Gasteiger partial charge in [-0.1, -0.05) is 12.1 Å². The number of hydrazone groups is 1. The first-order valence-electron chi connectivity index (χ1n) is 12.4. The molecule has 0 N–H and O–H groups in total. The van der Waals surface area contributed by atoms with E-state index >= 15 is 0 Å². The zero-order chi connectivity index (χ0) is 26.6. The highest BCUT2D eigenvalue weighted by Crippen LogP contribution is 2.33. The molecule has 1 amide bonds. The Bertz CT molecular complexity index is 1340. The zero-order valence-corrected chi connectivity index (χ0v) is 21.0. The van der Waals surface area contributed by atoms with Crippen LogP contribution in [0.2, 0.25) is 0 Å². The van der Waals surface area contributed by atoms with Crippen molar-refractivity contribution in [3.05, 3.63) is 99.9 Å². The van der Waals surface area contributed by atoms with Gasteiger partial charge in [0.2, 0.25) is 0 Å². The van der Waals surface area contributed by atoms with Crippen LogP contribution in [0.4, 0.5) is 15.8 Å². The van der Waals surface area contributed by atoms with Crippen LogP contribution >= 0.6 is 0 Å². The van der Waals surface area contributed by atoms with Crippen LogP contribution in [0.5, 0.6) is 5.75 Å². The highest BCUT2D eigenvalue weighted by atomic mass is 19.1. The molecule has 2 aliphatic heterocycles. The van der Waals surface area contributed by atoms with Crippen LogP contribution in [0.1, 0.15) is 23.6 Å². The number of rotatable bonds is 7. The van der Waals surface area contributed by atoms with Gasteiger partial charge in [-0.3, -0.25) is 19.8 Å². The van der Waals surface area contributed by atoms with Gasteiger partial charge in [-0.15, -0.1) is 0 Å². The summed E-state index contributed by atoms with van der Waals surface area (Å²) in [6.45, 7) is 2.91. The summed E-state index contributed by atoms with van der Waals surface area (Å²) in [5.74, 6) is 0.233. The van der Waals surface area contributed by atoms with Crippen molar-refractivity contribution >= 4 is 23.0 Å².